The summed E-state index contributed by atoms with van der Waals surface area (Å²) in [5.74, 6) is -0.0935. The van der Waals surface area contributed by atoms with Crippen LogP contribution in [-0.2, 0) is 0 Å². The predicted molar refractivity (Wildman–Crippen MR) is 98.7 cm³/mol. The van der Waals surface area contributed by atoms with Gasteiger partial charge in [0.2, 0.25) is 0 Å². The monoisotopic (exact) mass is 311 g/mol. The molecule has 4 heteroatoms. The predicted octanol–water partition coefficient (Wildman–Crippen LogP) is 3.85. The second-order valence-corrected chi connectivity index (χ2v) is 5.83. The lowest BCUT2D eigenvalue weighted by molar-refractivity contribution is 0.102. The quantitative estimate of drug-likeness (QED) is 0.880. The fraction of sp³-hybridized carbons (Fsp3) is 0.316. The number of para-hydroxylation sites is 2. The molecule has 0 unspecified atom stereocenters. The zero-order valence-electron chi connectivity index (χ0n) is 14.3. The van der Waals surface area contributed by atoms with E-state index in [1.165, 1.54) is 0 Å². The van der Waals surface area contributed by atoms with Gasteiger partial charge in [-0.2, -0.15) is 0 Å². The molecule has 0 heterocycles. The Labute approximate surface area is 138 Å². The molecule has 122 valence electrons. The molecule has 0 aliphatic rings. The number of hydrogen-bond acceptors (Lipinski definition) is 3. The van der Waals surface area contributed by atoms with Crippen LogP contribution in [0.5, 0.6) is 0 Å². The van der Waals surface area contributed by atoms with Crippen molar-refractivity contribution < 1.29 is 4.79 Å². The standard InChI is InChI=1S/C19H25N3O/c1-5-14-22(4)16-12-10-15(11-13-16)19(23)20-17-8-6-7-9-18(17)21(2)3/h6-13H,5,14H2,1-4H3,(H,20,23). The third-order valence-electron chi connectivity index (χ3n) is 3.76. The summed E-state index contributed by atoms with van der Waals surface area (Å²) in [5.41, 5.74) is 3.58. The molecule has 1 amide bonds. The maximum Gasteiger partial charge on any atom is 0.255 e. The molecule has 0 aliphatic heterocycles. The number of nitrogens with one attached hydrogen (secondary N) is 1. The SMILES string of the molecule is CCCN(C)c1ccc(C(=O)Nc2ccccc2N(C)C)cc1. The first kappa shape index (κ1) is 16.9. The van der Waals surface area contributed by atoms with E-state index in [2.05, 4.69) is 24.2 Å². The number of amides is 1. The largest absolute Gasteiger partial charge is 0.376 e. The molecular formula is C19H25N3O. The van der Waals surface area contributed by atoms with Crippen molar-refractivity contribution in [1.82, 2.24) is 0 Å². The third-order valence-corrected chi connectivity index (χ3v) is 3.76. The van der Waals surface area contributed by atoms with Gasteiger partial charge in [-0.15, -0.1) is 0 Å². The molecule has 0 aliphatic carbocycles. The number of rotatable bonds is 6. The van der Waals surface area contributed by atoms with E-state index in [-0.39, 0.29) is 5.91 Å². The number of anilines is 3. The second kappa shape index (κ2) is 7.68. The molecule has 0 atom stereocenters. The number of nitrogens with zero attached hydrogens (tertiary/aromatic N) is 2. The van der Waals surface area contributed by atoms with Gasteiger partial charge in [-0.25, -0.2) is 0 Å². The Morgan fingerprint density at radius 3 is 2.26 bits per heavy atom. The highest BCUT2D eigenvalue weighted by Gasteiger charge is 2.10. The summed E-state index contributed by atoms with van der Waals surface area (Å²) in [5, 5.41) is 2.99. The Kier molecular flexibility index (Phi) is 5.63. The first-order chi connectivity index (χ1) is 11.0. The van der Waals surface area contributed by atoms with Crippen molar-refractivity contribution in [3.63, 3.8) is 0 Å². The van der Waals surface area contributed by atoms with Gasteiger partial charge in [-0.05, 0) is 42.8 Å². The minimum Gasteiger partial charge on any atom is -0.376 e. The van der Waals surface area contributed by atoms with Crippen LogP contribution in [0.1, 0.15) is 23.7 Å². The van der Waals surface area contributed by atoms with Crippen LogP contribution in [0.25, 0.3) is 0 Å². The van der Waals surface area contributed by atoms with Gasteiger partial charge in [0.25, 0.3) is 5.91 Å². The van der Waals surface area contributed by atoms with E-state index in [1.54, 1.807) is 0 Å². The summed E-state index contributed by atoms with van der Waals surface area (Å²) in [7, 11) is 5.98. The Morgan fingerprint density at radius 2 is 1.65 bits per heavy atom. The Bertz CT molecular complexity index is 650. The van der Waals surface area contributed by atoms with Gasteiger partial charge >= 0.3 is 0 Å². The average Bonchev–Trinajstić information content (AvgIpc) is 2.55. The maximum absolute atomic E-state index is 12.5. The van der Waals surface area contributed by atoms with Crippen molar-refractivity contribution in [2.45, 2.75) is 13.3 Å². The van der Waals surface area contributed by atoms with E-state index < -0.39 is 0 Å². The summed E-state index contributed by atoms with van der Waals surface area (Å²) < 4.78 is 0. The van der Waals surface area contributed by atoms with Crippen molar-refractivity contribution >= 4 is 23.0 Å². The van der Waals surface area contributed by atoms with Crippen molar-refractivity contribution in [2.24, 2.45) is 0 Å². The van der Waals surface area contributed by atoms with Gasteiger partial charge in [-0.1, -0.05) is 19.1 Å². The Morgan fingerprint density at radius 1 is 1.00 bits per heavy atom. The van der Waals surface area contributed by atoms with Crippen LogP contribution < -0.4 is 15.1 Å². The molecule has 4 nitrogen and oxygen atoms in total. The lowest BCUT2D eigenvalue weighted by Crippen LogP contribution is -2.18. The van der Waals surface area contributed by atoms with Crippen LogP contribution in [0.15, 0.2) is 48.5 Å². The van der Waals surface area contributed by atoms with Gasteiger partial charge in [-0.3, -0.25) is 4.79 Å². The van der Waals surface area contributed by atoms with Gasteiger partial charge in [0, 0.05) is 38.9 Å². The zero-order chi connectivity index (χ0) is 16.8. The molecule has 1 N–H and O–H groups in total. The molecule has 2 aromatic rings. The van der Waals surface area contributed by atoms with Crippen molar-refractivity contribution in [1.29, 1.82) is 0 Å². The van der Waals surface area contributed by atoms with Crippen LogP contribution in [0.4, 0.5) is 17.1 Å². The fourth-order valence-electron chi connectivity index (χ4n) is 2.50. The molecule has 0 spiro atoms. The molecule has 2 rings (SSSR count). The molecule has 0 saturated carbocycles. The molecule has 23 heavy (non-hydrogen) atoms. The van der Waals surface area contributed by atoms with Gasteiger partial charge < -0.3 is 15.1 Å². The highest BCUT2D eigenvalue weighted by Crippen LogP contribution is 2.24. The van der Waals surface area contributed by atoms with E-state index >= 15 is 0 Å². The normalized spacial score (nSPS) is 10.3. The number of benzene rings is 2. The summed E-state index contributed by atoms with van der Waals surface area (Å²) in [6.07, 6.45) is 1.10. The van der Waals surface area contributed by atoms with Crippen LogP contribution in [-0.4, -0.2) is 33.6 Å². The molecule has 0 aromatic heterocycles. The van der Waals surface area contributed by atoms with Crippen molar-refractivity contribution in [3.8, 4) is 0 Å². The van der Waals surface area contributed by atoms with E-state index in [0.29, 0.717) is 5.56 Å². The molecular weight excluding hydrogens is 286 g/mol. The average molecular weight is 311 g/mol. The molecule has 0 radical (unpaired) electrons. The van der Waals surface area contributed by atoms with Crippen LogP contribution >= 0.6 is 0 Å². The number of carbonyl (C=O) groups is 1. The second-order valence-electron chi connectivity index (χ2n) is 5.83. The molecule has 0 bridgehead atoms. The summed E-state index contributed by atoms with van der Waals surface area (Å²) in [4.78, 5) is 16.6. The number of hydrogen-bond donors (Lipinski definition) is 1. The van der Waals surface area contributed by atoms with Gasteiger partial charge in [0.1, 0.15) is 0 Å². The summed E-state index contributed by atoms with van der Waals surface area (Å²) in [6.45, 7) is 3.16. The first-order valence-corrected chi connectivity index (χ1v) is 7.92. The van der Waals surface area contributed by atoms with E-state index in [0.717, 1.165) is 30.0 Å². The van der Waals surface area contributed by atoms with E-state index in [4.69, 9.17) is 0 Å². The number of carbonyl (C=O) groups excluding carboxylic acids is 1. The lowest BCUT2D eigenvalue weighted by Gasteiger charge is -2.19. The third kappa shape index (κ3) is 4.25. The Balaban J connectivity index is 2.12. The minimum atomic E-state index is -0.0935. The molecule has 0 saturated heterocycles. The Hall–Kier alpha value is -2.49. The topological polar surface area (TPSA) is 35.6 Å². The van der Waals surface area contributed by atoms with Crippen LogP contribution in [0.2, 0.25) is 0 Å². The van der Waals surface area contributed by atoms with Crippen molar-refractivity contribution in [3.05, 3.63) is 54.1 Å². The molecule has 2 aromatic carbocycles. The summed E-state index contributed by atoms with van der Waals surface area (Å²) in [6, 6.07) is 15.5. The van der Waals surface area contributed by atoms with E-state index in [9.17, 15) is 4.79 Å². The summed E-state index contributed by atoms with van der Waals surface area (Å²) >= 11 is 0. The minimum absolute atomic E-state index is 0.0935. The van der Waals surface area contributed by atoms with E-state index in [1.807, 2.05) is 67.5 Å². The highest BCUT2D eigenvalue weighted by atomic mass is 16.1. The highest BCUT2D eigenvalue weighted by molar-refractivity contribution is 6.06. The fourth-order valence-corrected chi connectivity index (χ4v) is 2.50. The lowest BCUT2D eigenvalue weighted by atomic mass is 10.1. The first-order valence-electron chi connectivity index (χ1n) is 7.92. The zero-order valence-corrected chi connectivity index (χ0v) is 14.3. The van der Waals surface area contributed by atoms with Crippen LogP contribution in [0, 0.1) is 0 Å². The van der Waals surface area contributed by atoms with Gasteiger partial charge in [0.05, 0.1) is 11.4 Å². The molecule has 0 fully saturated rings. The maximum atomic E-state index is 12.5. The van der Waals surface area contributed by atoms with Crippen LogP contribution in [0.3, 0.4) is 0 Å². The van der Waals surface area contributed by atoms with Gasteiger partial charge in [0.15, 0.2) is 0 Å². The van der Waals surface area contributed by atoms with Crippen molar-refractivity contribution in [2.75, 3.05) is 42.8 Å². The smallest absolute Gasteiger partial charge is 0.255 e.